The van der Waals surface area contributed by atoms with Gasteiger partial charge in [-0.1, -0.05) is 23.7 Å². The van der Waals surface area contributed by atoms with Crippen molar-refractivity contribution in [3.05, 3.63) is 34.9 Å². The van der Waals surface area contributed by atoms with Gasteiger partial charge in [-0.2, -0.15) is 0 Å². The van der Waals surface area contributed by atoms with E-state index in [0.717, 1.165) is 31.1 Å². The van der Waals surface area contributed by atoms with Gasteiger partial charge >= 0.3 is 0 Å². The molecule has 2 rings (SSSR count). The summed E-state index contributed by atoms with van der Waals surface area (Å²) in [5.41, 5.74) is 1.30. The zero-order chi connectivity index (χ0) is 9.80. The fourth-order valence-corrected chi connectivity index (χ4v) is 2.02. The van der Waals surface area contributed by atoms with Gasteiger partial charge in [0.05, 0.1) is 0 Å². The number of nitrogens with one attached hydrogen (secondary N) is 2. The first-order valence-electron chi connectivity index (χ1n) is 5.03. The molecule has 0 spiro atoms. The number of benzene rings is 1. The van der Waals surface area contributed by atoms with Crippen molar-refractivity contribution >= 4 is 11.6 Å². The second-order valence-corrected chi connectivity index (χ2v) is 4.13. The van der Waals surface area contributed by atoms with Crippen LogP contribution < -0.4 is 10.6 Å². The van der Waals surface area contributed by atoms with Crippen molar-refractivity contribution in [1.29, 1.82) is 0 Å². The fraction of sp³-hybridized carbons (Fsp3) is 0.455. The molecule has 1 aromatic carbocycles. The van der Waals surface area contributed by atoms with Crippen LogP contribution in [0.2, 0.25) is 5.02 Å². The van der Waals surface area contributed by atoms with E-state index in [0.29, 0.717) is 6.04 Å². The number of hydrogen-bond donors (Lipinski definition) is 2. The molecule has 1 aliphatic heterocycles. The molecule has 1 aromatic rings. The maximum atomic E-state index is 5.93. The molecule has 0 radical (unpaired) electrons. The van der Waals surface area contributed by atoms with Gasteiger partial charge in [-0.15, -0.1) is 0 Å². The Balaban J connectivity index is 1.95. The van der Waals surface area contributed by atoms with Crippen molar-refractivity contribution < 1.29 is 0 Å². The lowest BCUT2D eigenvalue weighted by molar-refractivity contribution is 0.416. The third kappa shape index (κ3) is 2.71. The average molecular weight is 211 g/mol. The summed E-state index contributed by atoms with van der Waals surface area (Å²) in [6, 6.07) is 8.63. The highest BCUT2D eigenvalue weighted by atomic mass is 35.5. The quantitative estimate of drug-likeness (QED) is 0.772. The minimum absolute atomic E-state index is 0.544. The van der Waals surface area contributed by atoms with E-state index in [2.05, 4.69) is 16.7 Å². The Morgan fingerprint density at radius 3 is 3.00 bits per heavy atom. The van der Waals surface area contributed by atoms with Gasteiger partial charge in [-0.25, -0.2) is 0 Å². The summed E-state index contributed by atoms with van der Waals surface area (Å²) in [6.07, 6.45) is 1.05. The molecule has 1 saturated heterocycles. The highest BCUT2D eigenvalue weighted by molar-refractivity contribution is 6.30. The van der Waals surface area contributed by atoms with E-state index in [9.17, 15) is 0 Å². The van der Waals surface area contributed by atoms with Gasteiger partial charge in [0.15, 0.2) is 0 Å². The van der Waals surface area contributed by atoms with Gasteiger partial charge in [-0.3, -0.25) is 0 Å². The summed E-state index contributed by atoms with van der Waals surface area (Å²) in [5.74, 6) is 0. The lowest BCUT2D eigenvalue weighted by Crippen LogP contribution is -2.49. The number of halogens is 1. The van der Waals surface area contributed by atoms with E-state index in [1.54, 1.807) is 0 Å². The monoisotopic (exact) mass is 210 g/mol. The topological polar surface area (TPSA) is 24.1 Å². The molecule has 0 amide bonds. The van der Waals surface area contributed by atoms with E-state index >= 15 is 0 Å². The lowest BCUT2D eigenvalue weighted by Gasteiger charge is -2.24. The highest BCUT2D eigenvalue weighted by Gasteiger charge is 2.12. The third-order valence-electron chi connectivity index (χ3n) is 2.50. The molecule has 1 atom stereocenters. The second kappa shape index (κ2) is 4.78. The Hall–Kier alpha value is -0.570. The molecule has 0 bridgehead atoms. The number of rotatable bonds is 2. The molecule has 2 nitrogen and oxygen atoms in total. The molecule has 0 unspecified atom stereocenters. The van der Waals surface area contributed by atoms with Crippen LogP contribution in [0.5, 0.6) is 0 Å². The van der Waals surface area contributed by atoms with E-state index in [4.69, 9.17) is 11.6 Å². The number of hydrogen-bond acceptors (Lipinski definition) is 2. The van der Waals surface area contributed by atoms with Crippen molar-refractivity contribution in [2.24, 2.45) is 0 Å². The first-order valence-corrected chi connectivity index (χ1v) is 5.41. The maximum Gasteiger partial charge on any atom is 0.0408 e. The third-order valence-corrected chi connectivity index (χ3v) is 2.73. The van der Waals surface area contributed by atoms with Gasteiger partial charge < -0.3 is 10.6 Å². The molecule has 3 heteroatoms. The normalized spacial score (nSPS) is 22.2. The van der Waals surface area contributed by atoms with Crippen LogP contribution in [0.25, 0.3) is 0 Å². The van der Waals surface area contributed by atoms with Crippen LogP contribution >= 0.6 is 11.6 Å². The van der Waals surface area contributed by atoms with E-state index in [1.807, 2.05) is 18.2 Å². The summed E-state index contributed by atoms with van der Waals surface area (Å²) in [7, 11) is 0. The first kappa shape index (κ1) is 9.97. The number of piperazine rings is 1. The molecule has 0 saturated carbocycles. The molecule has 1 fully saturated rings. The minimum atomic E-state index is 0.544. The molecule has 76 valence electrons. The Kier molecular flexibility index (Phi) is 3.40. The Morgan fingerprint density at radius 2 is 2.29 bits per heavy atom. The van der Waals surface area contributed by atoms with E-state index < -0.39 is 0 Å². The van der Waals surface area contributed by atoms with Crippen LogP contribution in [0, 0.1) is 0 Å². The summed E-state index contributed by atoms with van der Waals surface area (Å²) < 4.78 is 0. The molecule has 1 aliphatic rings. The summed E-state index contributed by atoms with van der Waals surface area (Å²) >= 11 is 5.93. The molecule has 14 heavy (non-hydrogen) atoms. The molecule has 0 aromatic heterocycles. The lowest BCUT2D eigenvalue weighted by atomic mass is 10.1. The standard InChI is InChI=1S/C11H15ClN2/c12-10-3-1-2-9(6-10)7-11-8-13-4-5-14-11/h1-3,6,11,13-14H,4-5,7-8H2/t11-/m1/s1. The molecule has 1 heterocycles. The Bertz CT molecular complexity index is 295. The summed E-state index contributed by atoms with van der Waals surface area (Å²) in [4.78, 5) is 0. The predicted octanol–water partition coefficient (Wildman–Crippen LogP) is 1.44. The SMILES string of the molecule is Clc1cccc(C[C@@H]2CNCCN2)c1. The van der Waals surface area contributed by atoms with Crippen molar-refractivity contribution in [2.45, 2.75) is 12.5 Å². The fourth-order valence-electron chi connectivity index (χ4n) is 1.81. The average Bonchev–Trinajstić information content (AvgIpc) is 2.19. The van der Waals surface area contributed by atoms with Crippen LogP contribution in [0.3, 0.4) is 0 Å². The molecule has 2 N–H and O–H groups in total. The van der Waals surface area contributed by atoms with Crippen LogP contribution in [0.4, 0.5) is 0 Å². The van der Waals surface area contributed by atoms with Crippen molar-refractivity contribution in [1.82, 2.24) is 10.6 Å². The van der Waals surface area contributed by atoms with Crippen molar-refractivity contribution in [3.8, 4) is 0 Å². The van der Waals surface area contributed by atoms with Gasteiger partial charge in [0.25, 0.3) is 0 Å². The molecular weight excluding hydrogens is 196 g/mol. The molecule has 0 aliphatic carbocycles. The van der Waals surface area contributed by atoms with Crippen LogP contribution in [-0.2, 0) is 6.42 Å². The summed E-state index contributed by atoms with van der Waals surface area (Å²) in [5, 5.41) is 7.68. The van der Waals surface area contributed by atoms with Gasteiger partial charge in [0, 0.05) is 30.7 Å². The predicted molar refractivity (Wildman–Crippen MR) is 59.8 cm³/mol. The maximum absolute atomic E-state index is 5.93. The highest BCUT2D eigenvalue weighted by Crippen LogP contribution is 2.12. The van der Waals surface area contributed by atoms with Gasteiger partial charge in [0.1, 0.15) is 0 Å². The van der Waals surface area contributed by atoms with Gasteiger partial charge in [0.2, 0.25) is 0 Å². The van der Waals surface area contributed by atoms with E-state index in [1.165, 1.54) is 5.56 Å². The molecular formula is C11H15ClN2. The largest absolute Gasteiger partial charge is 0.314 e. The summed E-state index contributed by atoms with van der Waals surface area (Å²) in [6.45, 7) is 3.18. The van der Waals surface area contributed by atoms with Crippen LogP contribution in [0.1, 0.15) is 5.56 Å². The Morgan fingerprint density at radius 1 is 1.36 bits per heavy atom. The smallest absolute Gasteiger partial charge is 0.0408 e. The zero-order valence-electron chi connectivity index (χ0n) is 8.09. The van der Waals surface area contributed by atoms with Crippen molar-refractivity contribution in [3.63, 3.8) is 0 Å². The first-order chi connectivity index (χ1) is 6.84. The van der Waals surface area contributed by atoms with E-state index in [-0.39, 0.29) is 0 Å². The van der Waals surface area contributed by atoms with Gasteiger partial charge in [-0.05, 0) is 24.1 Å². The zero-order valence-corrected chi connectivity index (χ0v) is 8.85. The van der Waals surface area contributed by atoms with Crippen LogP contribution in [0.15, 0.2) is 24.3 Å². The second-order valence-electron chi connectivity index (χ2n) is 3.69. The van der Waals surface area contributed by atoms with Crippen molar-refractivity contribution in [2.75, 3.05) is 19.6 Å². The Labute approximate surface area is 89.7 Å². The van der Waals surface area contributed by atoms with Crippen LogP contribution in [-0.4, -0.2) is 25.7 Å². The minimum Gasteiger partial charge on any atom is -0.314 e.